The van der Waals surface area contributed by atoms with Gasteiger partial charge in [-0.25, -0.2) is 0 Å². The van der Waals surface area contributed by atoms with Gasteiger partial charge in [0.2, 0.25) is 11.9 Å². The molecule has 1 saturated heterocycles. The van der Waals surface area contributed by atoms with Crippen molar-refractivity contribution in [1.29, 1.82) is 0 Å². The molecule has 1 aromatic heterocycles. The van der Waals surface area contributed by atoms with Crippen LogP contribution < -0.4 is 21.3 Å². The van der Waals surface area contributed by atoms with Crippen LogP contribution in [0.1, 0.15) is 38.9 Å². The van der Waals surface area contributed by atoms with E-state index in [2.05, 4.69) is 37.4 Å². The van der Waals surface area contributed by atoms with Crippen LogP contribution in [0.3, 0.4) is 0 Å². The van der Waals surface area contributed by atoms with Crippen LogP contribution in [0.25, 0.3) is 5.70 Å². The number of nitrogens with two attached hydrogens (primary N) is 1. The van der Waals surface area contributed by atoms with Gasteiger partial charge in [0.15, 0.2) is 5.82 Å². The second kappa shape index (κ2) is 11.2. The van der Waals surface area contributed by atoms with Gasteiger partial charge >= 0.3 is 0 Å². The lowest BCUT2D eigenvalue weighted by molar-refractivity contribution is 0.122. The van der Waals surface area contributed by atoms with Crippen LogP contribution in [0, 0.1) is 0 Å². The third kappa shape index (κ3) is 6.48. The summed E-state index contributed by atoms with van der Waals surface area (Å²) in [5.74, 6) is 1.62. The van der Waals surface area contributed by atoms with Crippen LogP contribution in [0.4, 0.5) is 11.9 Å². The number of rotatable bonds is 10. The minimum absolute atomic E-state index is 0.473. The van der Waals surface area contributed by atoms with Crippen LogP contribution in [0.2, 0.25) is 0 Å². The molecule has 4 N–H and O–H groups in total. The molecule has 0 aromatic carbocycles. The van der Waals surface area contributed by atoms with Crippen molar-refractivity contribution in [1.82, 2.24) is 20.3 Å². The topological polar surface area (TPSA) is 110 Å². The maximum atomic E-state index is 6.37. The van der Waals surface area contributed by atoms with Gasteiger partial charge in [-0.05, 0) is 25.2 Å². The summed E-state index contributed by atoms with van der Waals surface area (Å²) in [6.07, 6.45) is 3.13. The van der Waals surface area contributed by atoms with Crippen molar-refractivity contribution in [2.45, 2.75) is 33.1 Å². The highest BCUT2D eigenvalue weighted by molar-refractivity contribution is 8.06. The Morgan fingerprint density at radius 3 is 2.79 bits per heavy atom. The molecule has 0 aliphatic carbocycles. The average Bonchev–Trinajstić information content (AvgIpc) is 3.19. The Kier molecular flexibility index (Phi) is 8.38. The van der Waals surface area contributed by atoms with E-state index in [4.69, 9.17) is 15.2 Å². The van der Waals surface area contributed by atoms with Crippen molar-refractivity contribution in [3.63, 3.8) is 0 Å². The van der Waals surface area contributed by atoms with Crippen molar-refractivity contribution in [3.8, 4) is 0 Å². The molecule has 10 heteroatoms. The number of unbranched alkanes of at least 4 members (excludes halogenated alkanes) is 1. The molecule has 3 rings (SSSR count). The first kappa shape index (κ1) is 21.7. The molecule has 2 aliphatic rings. The SMILES string of the molecule is CCCCOCCCNc1nc(/C(N)=C2/NC(C)=CS2)nc(N2CCOCC2)n1. The third-order valence-electron chi connectivity index (χ3n) is 4.46. The first-order chi connectivity index (χ1) is 14.2. The molecule has 160 valence electrons. The fourth-order valence-corrected chi connectivity index (χ4v) is 3.60. The molecule has 0 spiro atoms. The van der Waals surface area contributed by atoms with E-state index >= 15 is 0 Å². The molecule has 2 aliphatic heterocycles. The minimum Gasteiger partial charge on any atom is -0.394 e. The molecule has 0 amide bonds. The normalized spacial score (nSPS) is 18.4. The van der Waals surface area contributed by atoms with E-state index in [9.17, 15) is 0 Å². The second-order valence-corrected chi connectivity index (χ2v) is 7.79. The largest absolute Gasteiger partial charge is 0.394 e. The summed E-state index contributed by atoms with van der Waals surface area (Å²) in [7, 11) is 0. The predicted molar refractivity (Wildman–Crippen MR) is 117 cm³/mol. The van der Waals surface area contributed by atoms with Crippen LogP contribution in [-0.2, 0) is 9.47 Å². The number of morpholine rings is 1. The van der Waals surface area contributed by atoms with Crippen molar-refractivity contribution in [2.75, 3.05) is 56.3 Å². The van der Waals surface area contributed by atoms with Gasteiger partial charge in [-0.3, -0.25) is 0 Å². The lowest BCUT2D eigenvalue weighted by Gasteiger charge is -2.27. The summed E-state index contributed by atoms with van der Waals surface area (Å²) < 4.78 is 11.1. The van der Waals surface area contributed by atoms with Crippen LogP contribution >= 0.6 is 11.8 Å². The number of anilines is 2. The van der Waals surface area contributed by atoms with Gasteiger partial charge in [0.1, 0.15) is 10.7 Å². The third-order valence-corrected chi connectivity index (χ3v) is 5.49. The Balaban J connectivity index is 1.69. The molecule has 0 radical (unpaired) electrons. The number of hydrogen-bond acceptors (Lipinski definition) is 10. The van der Waals surface area contributed by atoms with Gasteiger partial charge in [0, 0.05) is 38.5 Å². The molecular weight excluding hydrogens is 390 g/mol. The number of allylic oxidation sites excluding steroid dienone is 1. The Hall–Kier alpha value is -2.04. The highest BCUT2D eigenvalue weighted by Crippen LogP contribution is 2.28. The highest BCUT2D eigenvalue weighted by atomic mass is 32.2. The second-order valence-electron chi connectivity index (χ2n) is 6.91. The quantitative estimate of drug-likeness (QED) is 0.486. The van der Waals surface area contributed by atoms with E-state index in [0.717, 1.165) is 62.8 Å². The number of hydrogen-bond donors (Lipinski definition) is 3. The number of nitrogens with one attached hydrogen (secondary N) is 2. The molecule has 0 atom stereocenters. The standard InChI is InChI=1S/C19H31N7O2S/c1-3-4-9-27-10-5-6-21-18-23-16(15(20)17-22-14(2)13-29-17)24-19(25-18)26-7-11-28-12-8-26/h13,22H,3-12,20H2,1-2H3,(H,21,23,24,25)/b17-15+. The van der Waals surface area contributed by atoms with Gasteiger partial charge in [-0.1, -0.05) is 25.1 Å². The van der Waals surface area contributed by atoms with Crippen molar-refractivity contribution in [3.05, 3.63) is 22.0 Å². The van der Waals surface area contributed by atoms with E-state index in [1.165, 1.54) is 0 Å². The summed E-state index contributed by atoms with van der Waals surface area (Å²) in [5, 5.41) is 9.41. The Labute approximate surface area is 176 Å². The lowest BCUT2D eigenvalue weighted by atomic mass is 10.4. The Bertz CT molecular complexity index is 735. The monoisotopic (exact) mass is 421 g/mol. The number of ether oxygens (including phenoxy) is 2. The molecule has 0 unspecified atom stereocenters. The smallest absolute Gasteiger partial charge is 0.230 e. The summed E-state index contributed by atoms with van der Waals surface area (Å²) in [4.78, 5) is 15.9. The summed E-state index contributed by atoms with van der Waals surface area (Å²) >= 11 is 1.54. The fraction of sp³-hybridized carbons (Fsp3) is 0.632. The van der Waals surface area contributed by atoms with Crippen molar-refractivity contribution in [2.24, 2.45) is 5.73 Å². The van der Waals surface area contributed by atoms with Crippen LogP contribution in [0.5, 0.6) is 0 Å². The molecular formula is C19H31N7O2S. The molecule has 1 fully saturated rings. The summed E-state index contributed by atoms with van der Waals surface area (Å²) in [6.45, 7) is 9.24. The molecule has 0 bridgehead atoms. The molecule has 0 saturated carbocycles. The molecule has 9 nitrogen and oxygen atoms in total. The molecule has 1 aromatic rings. The number of nitrogens with zero attached hydrogens (tertiary/aromatic N) is 4. The Morgan fingerprint density at radius 1 is 1.28 bits per heavy atom. The maximum absolute atomic E-state index is 6.37. The number of aromatic nitrogens is 3. The fourth-order valence-electron chi connectivity index (χ4n) is 2.81. The van der Waals surface area contributed by atoms with E-state index in [1.54, 1.807) is 11.8 Å². The van der Waals surface area contributed by atoms with Gasteiger partial charge < -0.3 is 30.7 Å². The van der Waals surface area contributed by atoms with E-state index < -0.39 is 0 Å². The van der Waals surface area contributed by atoms with Gasteiger partial charge in [-0.15, -0.1) is 0 Å². The minimum atomic E-state index is 0.473. The zero-order valence-corrected chi connectivity index (χ0v) is 18.1. The molecule has 29 heavy (non-hydrogen) atoms. The predicted octanol–water partition coefficient (Wildman–Crippen LogP) is 2.11. The van der Waals surface area contributed by atoms with Crippen LogP contribution in [0.15, 0.2) is 16.1 Å². The van der Waals surface area contributed by atoms with Crippen LogP contribution in [-0.4, -0.2) is 61.0 Å². The van der Waals surface area contributed by atoms with Crippen molar-refractivity contribution >= 4 is 29.4 Å². The average molecular weight is 422 g/mol. The Morgan fingerprint density at radius 2 is 2.07 bits per heavy atom. The number of thioether (sulfide) groups is 1. The van der Waals surface area contributed by atoms with Gasteiger partial charge in [0.05, 0.1) is 13.2 Å². The zero-order chi connectivity index (χ0) is 20.5. The van der Waals surface area contributed by atoms with E-state index in [-0.39, 0.29) is 0 Å². The summed E-state index contributed by atoms with van der Waals surface area (Å²) in [5.41, 5.74) is 7.94. The first-order valence-electron chi connectivity index (χ1n) is 10.2. The van der Waals surface area contributed by atoms with Gasteiger partial charge in [-0.2, -0.15) is 15.0 Å². The summed E-state index contributed by atoms with van der Waals surface area (Å²) in [6, 6.07) is 0. The van der Waals surface area contributed by atoms with E-state index in [1.807, 2.05) is 12.3 Å². The molecule has 3 heterocycles. The van der Waals surface area contributed by atoms with Crippen molar-refractivity contribution < 1.29 is 9.47 Å². The van der Waals surface area contributed by atoms with E-state index in [0.29, 0.717) is 36.6 Å². The highest BCUT2D eigenvalue weighted by Gasteiger charge is 2.20. The maximum Gasteiger partial charge on any atom is 0.230 e. The zero-order valence-electron chi connectivity index (χ0n) is 17.2. The lowest BCUT2D eigenvalue weighted by Crippen LogP contribution is -2.37. The first-order valence-corrected chi connectivity index (χ1v) is 11.1. The van der Waals surface area contributed by atoms with Gasteiger partial charge in [0.25, 0.3) is 0 Å².